The molecule has 0 aliphatic carbocycles. The van der Waals surface area contributed by atoms with Crippen LogP contribution < -0.4 is 4.90 Å². The lowest BCUT2D eigenvalue weighted by atomic mass is 10.1. The molecule has 0 atom stereocenters. The molecule has 0 saturated carbocycles. The van der Waals surface area contributed by atoms with Crippen molar-refractivity contribution in [3.05, 3.63) is 63.9 Å². The molecule has 3 rings (SSSR count). The average Bonchev–Trinajstić information content (AvgIpc) is 2.68. The Morgan fingerprint density at radius 1 is 1.00 bits per heavy atom. The van der Waals surface area contributed by atoms with Gasteiger partial charge in [0.25, 0.3) is 0 Å². The van der Waals surface area contributed by atoms with Crippen molar-refractivity contribution in [3.8, 4) is 0 Å². The molecule has 6 nitrogen and oxygen atoms in total. The summed E-state index contributed by atoms with van der Waals surface area (Å²) in [4.78, 5) is 22.9. The van der Waals surface area contributed by atoms with E-state index in [0.29, 0.717) is 17.1 Å². The van der Waals surface area contributed by atoms with E-state index in [4.69, 9.17) is 31.4 Å². The minimum atomic E-state index is -1.82. The number of carbonyl (C=O) groups is 2. The highest BCUT2D eigenvalue weighted by Gasteiger charge is 2.20. The minimum Gasteiger partial charge on any atom is -0.473 e. The molecule has 0 radical (unpaired) electrons. The predicted octanol–water partition coefficient (Wildman–Crippen LogP) is 3.57. The number of benzene rings is 2. The van der Waals surface area contributed by atoms with Crippen molar-refractivity contribution in [2.45, 2.75) is 20.4 Å². The Morgan fingerprint density at radius 2 is 1.59 bits per heavy atom. The van der Waals surface area contributed by atoms with E-state index < -0.39 is 11.9 Å². The van der Waals surface area contributed by atoms with E-state index in [2.05, 4.69) is 41.8 Å². The van der Waals surface area contributed by atoms with Crippen molar-refractivity contribution in [2.24, 2.45) is 0 Å². The van der Waals surface area contributed by atoms with Gasteiger partial charge in [-0.2, -0.15) is 0 Å². The fraction of sp³-hybridized carbons (Fsp3) is 0.333. The van der Waals surface area contributed by atoms with Crippen molar-refractivity contribution >= 4 is 29.2 Å². The summed E-state index contributed by atoms with van der Waals surface area (Å²) in [5.74, 6) is -3.86. The van der Waals surface area contributed by atoms with E-state index in [1.807, 2.05) is 0 Å². The Hall–Kier alpha value is -2.64. The lowest BCUT2D eigenvalue weighted by molar-refractivity contribution is -0.159. The van der Waals surface area contributed by atoms with Gasteiger partial charge in [-0.1, -0.05) is 29.8 Å². The van der Waals surface area contributed by atoms with Crippen molar-refractivity contribution < 1.29 is 24.2 Å². The standard InChI is InChI=1S/C19H22ClFN2.C2H2O4/c1-14-5-3-8-19(15(14)2)23-11-9-22(10-12-23)13-16-17(20)6-4-7-18(16)21;3-1(4)2(5)6/h3-8H,9-13H2,1-2H3;(H,3,4)(H,5,6). The van der Waals surface area contributed by atoms with E-state index in [9.17, 15) is 4.39 Å². The van der Waals surface area contributed by atoms with Gasteiger partial charge in [-0.05, 0) is 43.2 Å². The van der Waals surface area contributed by atoms with Gasteiger partial charge in [0.1, 0.15) is 5.82 Å². The van der Waals surface area contributed by atoms with Gasteiger partial charge in [-0.15, -0.1) is 0 Å². The normalized spacial score (nSPS) is 14.1. The lowest BCUT2D eigenvalue weighted by Gasteiger charge is -2.37. The van der Waals surface area contributed by atoms with Crippen LogP contribution in [-0.4, -0.2) is 53.2 Å². The van der Waals surface area contributed by atoms with Crippen LogP contribution in [0.25, 0.3) is 0 Å². The summed E-state index contributed by atoms with van der Waals surface area (Å²) in [5.41, 5.74) is 4.59. The van der Waals surface area contributed by atoms with Crippen LogP contribution in [-0.2, 0) is 16.1 Å². The van der Waals surface area contributed by atoms with Crippen molar-refractivity contribution in [3.63, 3.8) is 0 Å². The van der Waals surface area contributed by atoms with Gasteiger partial charge in [0.2, 0.25) is 0 Å². The Bertz CT molecular complexity index is 851. The third-order valence-electron chi connectivity index (χ3n) is 4.92. The van der Waals surface area contributed by atoms with Gasteiger partial charge in [0.05, 0.1) is 0 Å². The third-order valence-corrected chi connectivity index (χ3v) is 5.27. The highest BCUT2D eigenvalue weighted by atomic mass is 35.5. The van der Waals surface area contributed by atoms with Crippen LogP contribution in [0.2, 0.25) is 5.02 Å². The molecular formula is C21H24ClFN2O4. The number of rotatable bonds is 3. The van der Waals surface area contributed by atoms with Crippen LogP contribution >= 0.6 is 11.6 Å². The summed E-state index contributed by atoms with van der Waals surface area (Å²) < 4.78 is 13.9. The Morgan fingerprint density at radius 3 is 2.14 bits per heavy atom. The van der Waals surface area contributed by atoms with Crippen LogP contribution in [0.1, 0.15) is 16.7 Å². The zero-order valence-corrected chi connectivity index (χ0v) is 17.1. The molecule has 2 aromatic carbocycles. The van der Waals surface area contributed by atoms with Gasteiger partial charge < -0.3 is 15.1 Å². The molecule has 1 fully saturated rings. The van der Waals surface area contributed by atoms with Gasteiger partial charge in [0.15, 0.2) is 0 Å². The summed E-state index contributed by atoms with van der Waals surface area (Å²) in [6.07, 6.45) is 0. The van der Waals surface area contributed by atoms with Crippen LogP contribution in [0.4, 0.5) is 10.1 Å². The van der Waals surface area contributed by atoms with Crippen molar-refractivity contribution in [1.82, 2.24) is 4.90 Å². The fourth-order valence-corrected chi connectivity index (χ4v) is 3.35. The number of carboxylic acids is 2. The first kappa shape index (κ1) is 22.6. The topological polar surface area (TPSA) is 81.1 Å². The predicted molar refractivity (Wildman–Crippen MR) is 110 cm³/mol. The summed E-state index contributed by atoms with van der Waals surface area (Å²) in [6, 6.07) is 11.3. The Balaban J connectivity index is 0.000000438. The van der Waals surface area contributed by atoms with E-state index in [-0.39, 0.29) is 5.82 Å². The maximum atomic E-state index is 13.9. The number of piperazine rings is 1. The van der Waals surface area contributed by atoms with E-state index in [1.165, 1.54) is 22.9 Å². The lowest BCUT2D eigenvalue weighted by Crippen LogP contribution is -2.46. The van der Waals surface area contributed by atoms with Gasteiger partial charge >= 0.3 is 11.9 Å². The number of nitrogens with zero attached hydrogens (tertiary/aromatic N) is 2. The Labute approximate surface area is 174 Å². The molecule has 2 aromatic rings. The van der Waals surface area contributed by atoms with Gasteiger partial charge in [-0.25, -0.2) is 14.0 Å². The molecule has 0 unspecified atom stereocenters. The zero-order valence-electron chi connectivity index (χ0n) is 16.4. The molecule has 0 amide bonds. The molecule has 156 valence electrons. The molecular weight excluding hydrogens is 399 g/mol. The molecule has 1 heterocycles. The molecule has 29 heavy (non-hydrogen) atoms. The Kier molecular flexibility index (Phi) is 7.99. The van der Waals surface area contributed by atoms with Crippen LogP contribution in [0.3, 0.4) is 0 Å². The molecule has 1 aliphatic rings. The molecule has 0 bridgehead atoms. The molecule has 8 heteroatoms. The van der Waals surface area contributed by atoms with Gasteiger partial charge in [-0.3, -0.25) is 4.90 Å². The summed E-state index contributed by atoms with van der Waals surface area (Å²) in [5, 5.41) is 15.3. The molecule has 0 spiro atoms. The molecule has 2 N–H and O–H groups in total. The maximum absolute atomic E-state index is 13.9. The first-order valence-electron chi connectivity index (χ1n) is 9.13. The van der Waals surface area contributed by atoms with Crippen LogP contribution in [0, 0.1) is 19.7 Å². The molecule has 0 aromatic heterocycles. The SMILES string of the molecule is Cc1cccc(N2CCN(Cc3c(F)cccc3Cl)CC2)c1C.O=C(O)C(=O)O. The average molecular weight is 423 g/mol. The largest absolute Gasteiger partial charge is 0.473 e. The number of hydrogen-bond acceptors (Lipinski definition) is 4. The smallest absolute Gasteiger partial charge is 0.414 e. The first-order chi connectivity index (χ1) is 13.7. The second-order valence-electron chi connectivity index (χ2n) is 6.79. The van der Waals surface area contributed by atoms with Gasteiger partial charge in [0, 0.05) is 49.0 Å². The quantitative estimate of drug-likeness (QED) is 0.736. The summed E-state index contributed by atoms with van der Waals surface area (Å²) in [6.45, 7) is 8.64. The van der Waals surface area contributed by atoms with Crippen LogP contribution in [0.15, 0.2) is 36.4 Å². The minimum absolute atomic E-state index is 0.213. The second kappa shape index (κ2) is 10.2. The fourth-order valence-electron chi connectivity index (χ4n) is 3.13. The third kappa shape index (κ3) is 6.17. The maximum Gasteiger partial charge on any atom is 0.414 e. The first-order valence-corrected chi connectivity index (χ1v) is 9.51. The monoisotopic (exact) mass is 422 g/mol. The number of halogens is 2. The highest BCUT2D eigenvalue weighted by molar-refractivity contribution is 6.31. The van der Waals surface area contributed by atoms with E-state index in [0.717, 1.165) is 26.2 Å². The van der Waals surface area contributed by atoms with Crippen molar-refractivity contribution in [2.75, 3.05) is 31.1 Å². The zero-order chi connectivity index (χ0) is 21.6. The second-order valence-corrected chi connectivity index (χ2v) is 7.20. The summed E-state index contributed by atoms with van der Waals surface area (Å²) in [7, 11) is 0. The molecule has 1 saturated heterocycles. The number of carboxylic acid groups (broad SMARTS) is 2. The van der Waals surface area contributed by atoms with Crippen LogP contribution in [0.5, 0.6) is 0 Å². The number of anilines is 1. The number of aliphatic carboxylic acids is 2. The number of hydrogen-bond donors (Lipinski definition) is 2. The molecule has 1 aliphatic heterocycles. The highest BCUT2D eigenvalue weighted by Crippen LogP contribution is 2.25. The summed E-state index contributed by atoms with van der Waals surface area (Å²) >= 11 is 6.13. The van der Waals surface area contributed by atoms with E-state index in [1.54, 1.807) is 12.1 Å². The van der Waals surface area contributed by atoms with Crippen molar-refractivity contribution in [1.29, 1.82) is 0 Å². The van der Waals surface area contributed by atoms with E-state index >= 15 is 0 Å². The number of aryl methyl sites for hydroxylation is 1.